The van der Waals surface area contributed by atoms with Crippen LogP contribution in [0.3, 0.4) is 0 Å². The molecule has 2 rings (SSSR count). The molecule has 0 N–H and O–H groups in total. The van der Waals surface area contributed by atoms with Gasteiger partial charge in [-0.25, -0.2) is 4.79 Å². The van der Waals surface area contributed by atoms with E-state index in [1.54, 1.807) is 18.2 Å². The fraction of sp³-hybridized carbons (Fsp3) is 0.294. The fourth-order valence-electron chi connectivity index (χ4n) is 2.22. The first-order valence-electron chi connectivity index (χ1n) is 6.92. The third kappa shape index (κ3) is 3.60. The van der Waals surface area contributed by atoms with E-state index in [2.05, 4.69) is 42.6 Å². The number of rotatable bonds is 4. The van der Waals surface area contributed by atoms with Crippen LogP contribution >= 0.6 is 0 Å². The quantitative estimate of drug-likeness (QED) is 0.631. The van der Waals surface area contributed by atoms with Crippen molar-refractivity contribution in [1.29, 1.82) is 0 Å². The molecule has 0 aliphatic rings. The molecule has 1 aromatic carbocycles. The van der Waals surface area contributed by atoms with Crippen molar-refractivity contribution in [3.63, 3.8) is 0 Å². The molecular formula is C17H20N2O2. The van der Waals surface area contributed by atoms with E-state index in [0.29, 0.717) is 11.6 Å². The van der Waals surface area contributed by atoms with Crippen molar-refractivity contribution in [3.8, 4) is 0 Å². The van der Waals surface area contributed by atoms with Gasteiger partial charge in [-0.2, -0.15) is 0 Å². The van der Waals surface area contributed by atoms with Crippen molar-refractivity contribution < 1.29 is 9.53 Å². The summed E-state index contributed by atoms with van der Waals surface area (Å²) in [5.74, 6) is -0.353. The molecule has 0 bridgehead atoms. The Morgan fingerprint density at radius 3 is 2.71 bits per heavy atom. The third-order valence-electron chi connectivity index (χ3n) is 3.26. The van der Waals surface area contributed by atoms with E-state index in [4.69, 9.17) is 4.74 Å². The molecule has 0 radical (unpaired) electrons. The summed E-state index contributed by atoms with van der Waals surface area (Å²) in [6, 6.07) is 9.60. The highest BCUT2D eigenvalue weighted by atomic mass is 16.5. The number of hydrogen-bond donors (Lipinski definition) is 0. The first-order chi connectivity index (χ1) is 10.0. The zero-order valence-electron chi connectivity index (χ0n) is 12.8. The van der Waals surface area contributed by atoms with Crippen LogP contribution in [0.4, 0.5) is 5.69 Å². The predicted octanol–water partition coefficient (Wildman–Crippen LogP) is 3.91. The molecule has 0 spiro atoms. The van der Waals surface area contributed by atoms with Gasteiger partial charge < -0.3 is 9.30 Å². The zero-order chi connectivity index (χ0) is 15.4. The summed E-state index contributed by atoms with van der Waals surface area (Å²) in [6.45, 7) is 6.37. The largest absolute Gasteiger partial charge is 0.465 e. The molecule has 0 saturated heterocycles. The second-order valence-corrected chi connectivity index (χ2v) is 5.22. The lowest BCUT2D eigenvalue weighted by molar-refractivity contribution is 0.0601. The van der Waals surface area contributed by atoms with Gasteiger partial charge in [-0.3, -0.25) is 4.99 Å². The molecule has 4 nitrogen and oxygen atoms in total. The number of benzene rings is 1. The van der Waals surface area contributed by atoms with Crippen LogP contribution in [0, 0.1) is 6.92 Å². The molecule has 0 fully saturated rings. The van der Waals surface area contributed by atoms with Gasteiger partial charge in [0.25, 0.3) is 0 Å². The van der Waals surface area contributed by atoms with Crippen LogP contribution in [0.2, 0.25) is 0 Å². The van der Waals surface area contributed by atoms with Gasteiger partial charge in [-0.15, -0.1) is 0 Å². The molecule has 1 heterocycles. The molecule has 0 aliphatic carbocycles. The van der Waals surface area contributed by atoms with Gasteiger partial charge in [0.1, 0.15) is 0 Å². The number of nitrogens with zero attached hydrogens (tertiary/aromatic N) is 2. The maximum atomic E-state index is 11.5. The summed E-state index contributed by atoms with van der Waals surface area (Å²) in [4.78, 5) is 15.9. The van der Waals surface area contributed by atoms with Gasteiger partial charge in [0.05, 0.1) is 18.4 Å². The summed E-state index contributed by atoms with van der Waals surface area (Å²) in [6.07, 6.45) is 3.88. The van der Waals surface area contributed by atoms with Crippen molar-refractivity contribution in [2.24, 2.45) is 4.99 Å². The summed E-state index contributed by atoms with van der Waals surface area (Å²) < 4.78 is 6.91. The van der Waals surface area contributed by atoms with Gasteiger partial charge in [-0.05, 0) is 45.0 Å². The molecule has 0 amide bonds. The van der Waals surface area contributed by atoms with Gasteiger partial charge in [0.2, 0.25) is 0 Å². The minimum atomic E-state index is -0.353. The number of carbonyl (C=O) groups excluding carboxylic acids is 1. The number of aliphatic imine (C=N–C) groups is 1. The molecule has 2 aromatic rings. The maximum absolute atomic E-state index is 11.5. The summed E-state index contributed by atoms with van der Waals surface area (Å²) in [7, 11) is 1.37. The van der Waals surface area contributed by atoms with Gasteiger partial charge >= 0.3 is 5.97 Å². The van der Waals surface area contributed by atoms with E-state index in [9.17, 15) is 4.79 Å². The highest BCUT2D eigenvalue weighted by molar-refractivity contribution is 5.90. The van der Waals surface area contributed by atoms with Gasteiger partial charge in [0, 0.05) is 29.7 Å². The van der Waals surface area contributed by atoms with Crippen molar-refractivity contribution in [1.82, 2.24) is 4.57 Å². The van der Waals surface area contributed by atoms with Crippen LogP contribution in [0.1, 0.15) is 41.5 Å². The van der Waals surface area contributed by atoms with Crippen molar-refractivity contribution >= 4 is 17.9 Å². The number of hydrogen-bond acceptors (Lipinski definition) is 3. The predicted molar refractivity (Wildman–Crippen MR) is 84.6 cm³/mol. The second kappa shape index (κ2) is 6.39. The van der Waals surface area contributed by atoms with Crippen LogP contribution in [-0.4, -0.2) is 23.9 Å². The molecule has 0 saturated carbocycles. The van der Waals surface area contributed by atoms with E-state index >= 15 is 0 Å². The number of aromatic nitrogens is 1. The average Bonchev–Trinajstić information content (AvgIpc) is 2.86. The Kier molecular flexibility index (Phi) is 4.58. The number of esters is 1. The minimum absolute atomic E-state index is 0.353. The number of methoxy groups -OCH3 is 1. The van der Waals surface area contributed by atoms with Crippen LogP contribution < -0.4 is 0 Å². The standard InChI is InChI=1S/C17H20N2O2/c1-12(2)19-11-14(8-13(19)3)10-18-16-7-5-6-15(9-16)17(20)21-4/h5-12H,1-4H3. The Balaban J connectivity index is 2.21. The molecule has 1 aromatic heterocycles. The monoisotopic (exact) mass is 284 g/mol. The summed E-state index contributed by atoms with van der Waals surface area (Å²) in [5, 5.41) is 0. The lowest BCUT2D eigenvalue weighted by Crippen LogP contribution is -2.00. The molecule has 0 aliphatic heterocycles. The zero-order valence-corrected chi connectivity index (χ0v) is 12.8. The number of aryl methyl sites for hydroxylation is 1. The second-order valence-electron chi connectivity index (χ2n) is 5.22. The normalized spacial score (nSPS) is 11.3. The minimum Gasteiger partial charge on any atom is -0.465 e. The molecule has 0 atom stereocenters. The van der Waals surface area contributed by atoms with Gasteiger partial charge in [0.15, 0.2) is 0 Å². The topological polar surface area (TPSA) is 43.6 Å². The van der Waals surface area contributed by atoms with Crippen molar-refractivity contribution in [2.75, 3.05) is 7.11 Å². The first kappa shape index (κ1) is 15.0. The van der Waals surface area contributed by atoms with Crippen LogP contribution in [0.15, 0.2) is 41.5 Å². The van der Waals surface area contributed by atoms with Gasteiger partial charge in [-0.1, -0.05) is 6.07 Å². The van der Waals surface area contributed by atoms with E-state index in [-0.39, 0.29) is 5.97 Å². The van der Waals surface area contributed by atoms with Crippen LogP contribution in [-0.2, 0) is 4.74 Å². The number of ether oxygens (including phenoxy) is 1. The van der Waals surface area contributed by atoms with E-state index < -0.39 is 0 Å². The molecule has 4 heteroatoms. The average molecular weight is 284 g/mol. The lowest BCUT2D eigenvalue weighted by Gasteiger charge is -2.08. The van der Waals surface area contributed by atoms with Crippen LogP contribution in [0.5, 0.6) is 0 Å². The lowest BCUT2D eigenvalue weighted by atomic mass is 10.2. The van der Waals surface area contributed by atoms with E-state index in [1.807, 2.05) is 12.3 Å². The molecular weight excluding hydrogens is 264 g/mol. The summed E-state index contributed by atoms with van der Waals surface area (Å²) >= 11 is 0. The first-order valence-corrected chi connectivity index (χ1v) is 6.92. The highest BCUT2D eigenvalue weighted by Gasteiger charge is 2.05. The molecule has 110 valence electrons. The number of carbonyl (C=O) groups is 1. The Bertz CT molecular complexity index is 669. The smallest absolute Gasteiger partial charge is 0.337 e. The van der Waals surface area contributed by atoms with Crippen molar-refractivity contribution in [2.45, 2.75) is 26.8 Å². The van der Waals surface area contributed by atoms with Crippen molar-refractivity contribution in [3.05, 3.63) is 53.3 Å². The van der Waals surface area contributed by atoms with Crippen LogP contribution in [0.25, 0.3) is 0 Å². The third-order valence-corrected chi connectivity index (χ3v) is 3.26. The Labute approximate surface area is 125 Å². The Hall–Kier alpha value is -2.36. The maximum Gasteiger partial charge on any atom is 0.337 e. The van der Waals surface area contributed by atoms with E-state index in [0.717, 1.165) is 11.3 Å². The SMILES string of the molecule is COC(=O)c1cccc(N=Cc2cc(C)n(C(C)C)c2)c1. The Morgan fingerprint density at radius 1 is 1.33 bits per heavy atom. The fourth-order valence-corrected chi connectivity index (χ4v) is 2.22. The highest BCUT2D eigenvalue weighted by Crippen LogP contribution is 2.17. The molecule has 21 heavy (non-hydrogen) atoms. The Morgan fingerprint density at radius 2 is 2.10 bits per heavy atom. The molecule has 0 unspecified atom stereocenters. The summed E-state index contributed by atoms with van der Waals surface area (Å²) in [5.41, 5.74) is 3.48. The van der Waals surface area contributed by atoms with E-state index in [1.165, 1.54) is 12.8 Å².